The van der Waals surface area contributed by atoms with Gasteiger partial charge in [0.05, 0.1) is 18.8 Å². The van der Waals surface area contributed by atoms with Gasteiger partial charge in [0.1, 0.15) is 0 Å². The predicted molar refractivity (Wildman–Crippen MR) is 58.5 cm³/mol. The molecular weight excluding hydrogens is 190 g/mol. The number of ether oxygens (including phenoxy) is 1. The van der Waals surface area contributed by atoms with Crippen molar-refractivity contribution >= 4 is 5.91 Å². The first kappa shape index (κ1) is 10.9. The van der Waals surface area contributed by atoms with Crippen molar-refractivity contribution in [3.8, 4) is 0 Å². The van der Waals surface area contributed by atoms with Crippen LogP contribution < -0.4 is 0 Å². The summed E-state index contributed by atoms with van der Waals surface area (Å²) in [6, 6.07) is 0. The van der Waals surface area contributed by atoms with Crippen molar-refractivity contribution in [1.29, 1.82) is 0 Å². The summed E-state index contributed by atoms with van der Waals surface area (Å²) in [4.78, 5) is 14.3. The maximum atomic E-state index is 12.3. The molecule has 1 heterocycles. The minimum atomic E-state index is -0.127. The van der Waals surface area contributed by atoms with E-state index in [-0.39, 0.29) is 11.5 Å². The van der Waals surface area contributed by atoms with Gasteiger partial charge in [-0.15, -0.1) is 0 Å². The molecule has 2 rings (SSSR count). The van der Waals surface area contributed by atoms with E-state index in [4.69, 9.17) is 4.74 Å². The Morgan fingerprint density at radius 2 is 2.13 bits per heavy atom. The van der Waals surface area contributed by atoms with Crippen LogP contribution in [0.15, 0.2) is 0 Å². The molecule has 1 atom stereocenters. The molecule has 1 amide bonds. The number of carbonyl (C=O) groups excluding carboxylic acids is 1. The molecule has 1 saturated carbocycles. The number of nitrogens with zero attached hydrogens (tertiary/aromatic N) is 1. The number of carbonyl (C=O) groups is 1. The number of rotatable bonds is 2. The Labute approximate surface area is 91.8 Å². The quantitative estimate of drug-likeness (QED) is 0.695. The smallest absolute Gasteiger partial charge is 0.226 e. The zero-order chi connectivity index (χ0) is 11.1. The second kappa shape index (κ2) is 3.78. The first-order chi connectivity index (χ1) is 7.02. The van der Waals surface area contributed by atoms with Crippen LogP contribution in [0.25, 0.3) is 0 Å². The van der Waals surface area contributed by atoms with E-state index < -0.39 is 0 Å². The Kier molecular flexibility index (Phi) is 2.75. The average molecular weight is 211 g/mol. The van der Waals surface area contributed by atoms with E-state index in [9.17, 15) is 4.79 Å². The van der Waals surface area contributed by atoms with Crippen molar-refractivity contribution in [3.05, 3.63) is 0 Å². The summed E-state index contributed by atoms with van der Waals surface area (Å²) in [7, 11) is 0. The average Bonchev–Trinajstić information content (AvgIpc) is 2.98. The van der Waals surface area contributed by atoms with Gasteiger partial charge in [0, 0.05) is 12.5 Å². The van der Waals surface area contributed by atoms with Gasteiger partial charge in [-0.05, 0) is 32.6 Å². The molecule has 0 aromatic carbocycles. The van der Waals surface area contributed by atoms with Crippen molar-refractivity contribution in [2.24, 2.45) is 11.8 Å². The van der Waals surface area contributed by atoms with Gasteiger partial charge in [0.25, 0.3) is 0 Å². The Bertz CT molecular complexity index is 258. The van der Waals surface area contributed by atoms with Crippen LogP contribution in [0.5, 0.6) is 0 Å². The van der Waals surface area contributed by atoms with Crippen LogP contribution >= 0.6 is 0 Å². The highest BCUT2D eigenvalue weighted by molar-refractivity contribution is 5.80. The maximum Gasteiger partial charge on any atom is 0.226 e. The van der Waals surface area contributed by atoms with Crippen molar-refractivity contribution in [2.45, 2.75) is 39.2 Å². The summed E-state index contributed by atoms with van der Waals surface area (Å²) >= 11 is 0. The van der Waals surface area contributed by atoms with E-state index in [1.807, 2.05) is 4.90 Å². The highest BCUT2D eigenvalue weighted by atomic mass is 16.5. The summed E-state index contributed by atoms with van der Waals surface area (Å²) in [5.74, 6) is 1.18. The fourth-order valence-corrected chi connectivity index (χ4v) is 2.31. The summed E-state index contributed by atoms with van der Waals surface area (Å²) in [6.45, 7) is 8.35. The standard InChI is InChI=1S/C12H21NO2/c1-9(10-4-5-10)11(14)13-6-7-15-8-12(13,2)3/h9-10H,4-8H2,1-3H3. The summed E-state index contributed by atoms with van der Waals surface area (Å²) in [6.07, 6.45) is 2.47. The van der Waals surface area contributed by atoms with Crippen LogP contribution in [-0.4, -0.2) is 36.1 Å². The van der Waals surface area contributed by atoms with Crippen LogP contribution in [0.1, 0.15) is 33.6 Å². The normalized spacial score (nSPS) is 27.5. The molecule has 3 heteroatoms. The van der Waals surface area contributed by atoms with E-state index in [0.717, 1.165) is 6.54 Å². The predicted octanol–water partition coefficient (Wildman–Crippen LogP) is 1.67. The van der Waals surface area contributed by atoms with Crippen molar-refractivity contribution in [2.75, 3.05) is 19.8 Å². The molecule has 0 N–H and O–H groups in total. The summed E-state index contributed by atoms with van der Waals surface area (Å²) in [5.41, 5.74) is -0.127. The molecule has 1 aliphatic carbocycles. The summed E-state index contributed by atoms with van der Waals surface area (Å²) < 4.78 is 5.43. The molecule has 0 bridgehead atoms. The monoisotopic (exact) mass is 211 g/mol. The molecule has 1 saturated heterocycles. The molecular formula is C12H21NO2. The third-order valence-electron chi connectivity index (χ3n) is 3.63. The minimum absolute atomic E-state index is 0.127. The van der Waals surface area contributed by atoms with Crippen LogP contribution in [0.2, 0.25) is 0 Å². The highest BCUT2D eigenvalue weighted by Gasteiger charge is 2.40. The van der Waals surface area contributed by atoms with Gasteiger partial charge in [-0.25, -0.2) is 0 Å². The fourth-order valence-electron chi connectivity index (χ4n) is 2.31. The van der Waals surface area contributed by atoms with E-state index in [1.165, 1.54) is 12.8 Å². The van der Waals surface area contributed by atoms with E-state index in [2.05, 4.69) is 20.8 Å². The number of amides is 1. The maximum absolute atomic E-state index is 12.3. The van der Waals surface area contributed by atoms with Crippen LogP contribution in [-0.2, 0) is 9.53 Å². The van der Waals surface area contributed by atoms with Gasteiger partial charge in [-0.3, -0.25) is 4.79 Å². The van der Waals surface area contributed by atoms with Gasteiger partial charge in [0.15, 0.2) is 0 Å². The third-order valence-corrected chi connectivity index (χ3v) is 3.63. The molecule has 1 aliphatic heterocycles. The highest BCUT2D eigenvalue weighted by Crippen LogP contribution is 2.38. The molecule has 0 aromatic heterocycles. The zero-order valence-corrected chi connectivity index (χ0v) is 9.95. The first-order valence-electron chi connectivity index (χ1n) is 5.91. The lowest BCUT2D eigenvalue weighted by molar-refractivity contribution is -0.150. The van der Waals surface area contributed by atoms with Gasteiger partial charge in [-0.1, -0.05) is 6.92 Å². The topological polar surface area (TPSA) is 29.5 Å². The largest absolute Gasteiger partial charge is 0.377 e. The molecule has 0 aromatic rings. The minimum Gasteiger partial charge on any atom is -0.377 e. The molecule has 2 aliphatic rings. The van der Waals surface area contributed by atoms with Gasteiger partial charge in [0.2, 0.25) is 5.91 Å². The van der Waals surface area contributed by atoms with E-state index >= 15 is 0 Å². The lowest BCUT2D eigenvalue weighted by Crippen LogP contribution is -2.57. The van der Waals surface area contributed by atoms with Gasteiger partial charge in [-0.2, -0.15) is 0 Å². The van der Waals surface area contributed by atoms with E-state index in [0.29, 0.717) is 25.0 Å². The second-order valence-corrected chi connectivity index (χ2v) is 5.48. The lowest BCUT2D eigenvalue weighted by Gasteiger charge is -2.43. The van der Waals surface area contributed by atoms with Crippen LogP contribution in [0.3, 0.4) is 0 Å². The molecule has 0 radical (unpaired) electrons. The molecule has 1 unspecified atom stereocenters. The SMILES string of the molecule is CC(C(=O)N1CCOCC1(C)C)C1CC1. The van der Waals surface area contributed by atoms with Crippen molar-refractivity contribution in [1.82, 2.24) is 4.90 Å². The number of hydrogen-bond donors (Lipinski definition) is 0. The zero-order valence-electron chi connectivity index (χ0n) is 9.95. The fraction of sp³-hybridized carbons (Fsp3) is 0.917. The molecule has 86 valence electrons. The second-order valence-electron chi connectivity index (χ2n) is 5.48. The van der Waals surface area contributed by atoms with Crippen LogP contribution in [0, 0.1) is 11.8 Å². The van der Waals surface area contributed by atoms with Gasteiger partial charge < -0.3 is 9.64 Å². The van der Waals surface area contributed by atoms with Gasteiger partial charge >= 0.3 is 0 Å². The molecule has 2 fully saturated rings. The third kappa shape index (κ3) is 2.17. The molecule has 3 nitrogen and oxygen atoms in total. The number of hydrogen-bond acceptors (Lipinski definition) is 2. The van der Waals surface area contributed by atoms with Crippen molar-refractivity contribution < 1.29 is 9.53 Å². The Morgan fingerprint density at radius 3 is 2.67 bits per heavy atom. The lowest BCUT2D eigenvalue weighted by atomic mass is 9.97. The Balaban J connectivity index is 2.03. The molecule has 0 spiro atoms. The molecule has 15 heavy (non-hydrogen) atoms. The van der Waals surface area contributed by atoms with E-state index in [1.54, 1.807) is 0 Å². The first-order valence-corrected chi connectivity index (χ1v) is 5.91. The Morgan fingerprint density at radius 1 is 1.47 bits per heavy atom. The number of morpholine rings is 1. The Hall–Kier alpha value is -0.570. The van der Waals surface area contributed by atoms with Crippen molar-refractivity contribution in [3.63, 3.8) is 0 Å². The van der Waals surface area contributed by atoms with Crippen LogP contribution in [0.4, 0.5) is 0 Å². The summed E-state index contributed by atoms with van der Waals surface area (Å²) in [5, 5.41) is 0.